The molecule has 1 heterocycles. The number of carbonyl (C=O) groups is 5. The first kappa shape index (κ1) is 36.7. The number of nitrogens with one attached hydrogen (secondary N) is 4. The molecule has 0 aromatic heterocycles. The number of carbonyl (C=O) groups excluding carboxylic acids is 5. The lowest BCUT2D eigenvalue weighted by Crippen LogP contribution is -2.64. The molecule has 2 fully saturated rings. The number of benzene rings is 1. The Morgan fingerprint density at radius 1 is 1.00 bits per heavy atom. The molecule has 45 heavy (non-hydrogen) atoms. The van der Waals surface area contributed by atoms with Crippen molar-refractivity contribution in [3.8, 4) is 5.75 Å². The molecule has 1 unspecified atom stereocenters. The monoisotopic (exact) mass is 662 g/mol. The van der Waals surface area contributed by atoms with Gasteiger partial charge in [0.1, 0.15) is 23.4 Å². The number of methoxy groups -OCH3 is 1. The van der Waals surface area contributed by atoms with E-state index in [0.29, 0.717) is 30.3 Å². The molecule has 10 nitrogen and oxygen atoms in total. The van der Waals surface area contributed by atoms with Gasteiger partial charge in [-0.15, -0.1) is 0 Å². The molecule has 4 N–H and O–H groups in total. The number of hydrogen-bond acceptors (Lipinski definition) is 8. The Hall–Kier alpha value is -2.73. The highest BCUT2D eigenvalue weighted by atomic mass is 33.1. The smallest absolute Gasteiger partial charge is 0.289 e. The van der Waals surface area contributed by atoms with Crippen LogP contribution in [-0.2, 0) is 30.4 Å². The summed E-state index contributed by atoms with van der Waals surface area (Å²) in [6.07, 6.45) is 8.11. The normalized spacial score (nSPS) is 18.8. The van der Waals surface area contributed by atoms with Gasteiger partial charge >= 0.3 is 0 Å². The van der Waals surface area contributed by atoms with Crippen LogP contribution < -0.4 is 26.0 Å². The highest BCUT2D eigenvalue weighted by molar-refractivity contribution is 8.77. The van der Waals surface area contributed by atoms with Crippen LogP contribution >= 0.6 is 21.6 Å². The molecule has 3 rings (SSSR count). The quantitative estimate of drug-likeness (QED) is 0.111. The highest BCUT2D eigenvalue weighted by Gasteiger charge is 2.43. The third-order valence-corrected chi connectivity index (χ3v) is 11.5. The molecule has 1 aromatic carbocycles. The second kappa shape index (κ2) is 18.4. The van der Waals surface area contributed by atoms with Crippen molar-refractivity contribution in [1.82, 2.24) is 21.3 Å². The summed E-state index contributed by atoms with van der Waals surface area (Å²) >= 11 is 0. The van der Waals surface area contributed by atoms with Crippen molar-refractivity contribution in [2.75, 3.05) is 19.4 Å². The maximum atomic E-state index is 13.9. The van der Waals surface area contributed by atoms with Crippen LogP contribution in [0.1, 0.15) is 90.5 Å². The fourth-order valence-electron chi connectivity index (χ4n) is 5.80. The van der Waals surface area contributed by atoms with Gasteiger partial charge in [-0.2, -0.15) is 0 Å². The van der Waals surface area contributed by atoms with Crippen molar-refractivity contribution in [3.05, 3.63) is 29.8 Å². The van der Waals surface area contributed by atoms with Gasteiger partial charge in [0.05, 0.1) is 7.11 Å². The van der Waals surface area contributed by atoms with Crippen molar-refractivity contribution in [3.63, 3.8) is 0 Å². The molecule has 4 amide bonds. The van der Waals surface area contributed by atoms with E-state index in [4.69, 9.17) is 4.74 Å². The molecular formula is C33H50N4O6S2. The van der Waals surface area contributed by atoms with Crippen molar-refractivity contribution >= 4 is 51.0 Å². The summed E-state index contributed by atoms with van der Waals surface area (Å²) < 4.78 is 5.21. The van der Waals surface area contributed by atoms with Crippen molar-refractivity contribution in [2.24, 2.45) is 5.92 Å². The first-order valence-electron chi connectivity index (χ1n) is 16.2. The fraction of sp³-hybridized carbons (Fsp3) is 0.667. The van der Waals surface area contributed by atoms with Gasteiger partial charge in [0.15, 0.2) is 0 Å². The van der Waals surface area contributed by atoms with Crippen LogP contribution in [0, 0.1) is 5.92 Å². The van der Waals surface area contributed by atoms with Gasteiger partial charge in [0.25, 0.3) is 5.91 Å². The van der Waals surface area contributed by atoms with Crippen molar-refractivity contribution in [2.45, 2.75) is 114 Å². The molecule has 2 aliphatic rings. The second-order valence-electron chi connectivity index (χ2n) is 12.3. The lowest BCUT2D eigenvalue weighted by molar-refractivity contribution is -0.141. The minimum absolute atomic E-state index is 0.0860. The van der Waals surface area contributed by atoms with Crippen molar-refractivity contribution in [1.29, 1.82) is 0 Å². The van der Waals surface area contributed by atoms with E-state index >= 15 is 0 Å². The Morgan fingerprint density at radius 3 is 2.31 bits per heavy atom. The minimum Gasteiger partial charge on any atom is -0.497 e. The summed E-state index contributed by atoms with van der Waals surface area (Å²) in [7, 11) is 5.41. The summed E-state index contributed by atoms with van der Waals surface area (Å²) in [4.78, 5) is 66.3. The Bertz CT molecular complexity index is 1150. The number of amides is 4. The molecule has 0 bridgehead atoms. The molecule has 250 valence electrons. The maximum Gasteiger partial charge on any atom is 0.289 e. The number of Topliss-reactive ketones (excluding diaryl/α,β-unsaturated/α-hetero) is 1. The molecule has 1 aliphatic carbocycles. The summed E-state index contributed by atoms with van der Waals surface area (Å²) in [5.74, 6) is -1.13. The van der Waals surface area contributed by atoms with Gasteiger partial charge in [0.2, 0.25) is 23.5 Å². The van der Waals surface area contributed by atoms with Crippen molar-refractivity contribution < 1.29 is 28.7 Å². The van der Waals surface area contributed by atoms with Gasteiger partial charge in [0, 0.05) is 30.4 Å². The molecular weight excluding hydrogens is 613 g/mol. The SMILES string of the molecule is CCNC(=O)C(=O)[C@H](Cc1ccc(OC)cc1)NC(=O)[C@@H](NC(=O)C1(NC(=O)CCCCC2CCSS2)CCCCC1)C(C)C. The third-order valence-electron chi connectivity index (χ3n) is 8.46. The topological polar surface area (TPSA) is 143 Å². The average molecular weight is 663 g/mol. The van der Waals surface area contributed by atoms with E-state index in [9.17, 15) is 24.0 Å². The first-order chi connectivity index (χ1) is 21.6. The minimum atomic E-state index is -1.14. The van der Waals surface area contributed by atoms with Crippen LogP contribution in [-0.4, -0.2) is 71.7 Å². The fourth-order valence-corrected chi connectivity index (χ4v) is 8.83. The molecule has 3 atom stereocenters. The Labute approximate surface area is 275 Å². The summed E-state index contributed by atoms with van der Waals surface area (Å²) in [5, 5.41) is 11.9. The highest BCUT2D eigenvalue weighted by Crippen LogP contribution is 2.40. The van der Waals surface area contributed by atoms with E-state index in [0.717, 1.165) is 44.1 Å². The number of ether oxygens (including phenoxy) is 1. The number of ketones is 1. The van der Waals surface area contributed by atoms with Gasteiger partial charge in [-0.1, -0.05) is 73.3 Å². The third kappa shape index (κ3) is 11.2. The van der Waals surface area contributed by atoms with Crippen LogP contribution in [0.2, 0.25) is 0 Å². The second-order valence-corrected chi connectivity index (χ2v) is 15.1. The number of hydrogen-bond donors (Lipinski definition) is 4. The molecule has 0 radical (unpaired) electrons. The number of unbranched alkanes of at least 4 members (excludes halogenated alkanes) is 1. The van der Waals surface area contributed by atoms with Crippen LogP contribution in [0.4, 0.5) is 0 Å². The van der Waals surface area contributed by atoms with Gasteiger partial charge in [-0.3, -0.25) is 24.0 Å². The number of rotatable bonds is 17. The zero-order valence-electron chi connectivity index (χ0n) is 27.1. The zero-order valence-corrected chi connectivity index (χ0v) is 28.7. The zero-order chi connectivity index (χ0) is 32.8. The van der Waals surface area contributed by atoms with E-state index in [2.05, 4.69) is 21.3 Å². The molecule has 0 spiro atoms. The summed E-state index contributed by atoms with van der Waals surface area (Å²) in [6.45, 7) is 5.59. The van der Waals surface area contributed by atoms with E-state index in [1.807, 2.05) is 35.4 Å². The van der Waals surface area contributed by atoms with Crippen LogP contribution in [0.5, 0.6) is 5.75 Å². The predicted octanol–water partition coefficient (Wildman–Crippen LogP) is 4.10. The molecule has 1 aliphatic heterocycles. The first-order valence-corrected chi connectivity index (χ1v) is 18.6. The van der Waals surface area contributed by atoms with Gasteiger partial charge < -0.3 is 26.0 Å². The average Bonchev–Trinajstić information content (AvgIpc) is 3.55. The largest absolute Gasteiger partial charge is 0.497 e. The molecule has 1 saturated heterocycles. The van der Waals surface area contributed by atoms with E-state index in [1.54, 1.807) is 38.3 Å². The van der Waals surface area contributed by atoms with Crippen LogP contribution in [0.3, 0.4) is 0 Å². The van der Waals surface area contributed by atoms with Gasteiger partial charge in [-0.05, 0) is 62.6 Å². The Kier molecular flexibility index (Phi) is 15.0. The van der Waals surface area contributed by atoms with E-state index < -0.39 is 35.2 Å². The van der Waals surface area contributed by atoms with Gasteiger partial charge in [-0.25, -0.2) is 0 Å². The maximum absolute atomic E-state index is 13.9. The summed E-state index contributed by atoms with van der Waals surface area (Å²) in [5.41, 5.74) is -0.353. The van der Waals surface area contributed by atoms with Crippen LogP contribution in [0.15, 0.2) is 24.3 Å². The summed E-state index contributed by atoms with van der Waals surface area (Å²) in [6, 6.07) is 4.91. The predicted molar refractivity (Wildman–Crippen MR) is 180 cm³/mol. The Balaban J connectivity index is 1.69. The van der Waals surface area contributed by atoms with E-state index in [-0.39, 0.29) is 30.7 Å². The molecule has 1 saturated carbocycles. The Morgan fingerprint density at radius 2 is 1.71 bits per heavy atom. The van der Waals surface area contributed by atoms with Crippen LogP contribution in [0.25, 0.3) is 0 Å². The molecule has 1 aromatic rings. The lowest BCUT2D eigenvalue weighted by atomic mass is 9.80. The van der Waals surface area contributed by atoms with E-state index in [1.165, 1.54) is 12.2 Å². The number of likely N-dealkylation sites (N-methyl/N-ethyl adjacent to an activating group) is 1. The standard InChI is InChI=1S/C33H50N4O6S2/c1-5-34-31(41)29(39)26(21-23-13-15-24(43-4)16-14-23)35-30(40)28(22(2)3)36-32(42)33(18-9-6-10-19-33)37-27(38)12-8-7-11-25-17-20-44-45-25/h13-16,22,25-26,28H,5-12,17-21H2,1-4H3,(H,34,41)(H,35,40)(H,36,42)(H,37,38)/t25?,26-,28-/m0/s1. The lowest BCUT2D eigenvalue weighted by Gasteiger charge is -2.38. The molecule has 12 heteroatoms.